The van der Waals surface area contributed by atoms with Gasteiger partial charge in [0.15, 0.2) is 0 Å². The molecule has 6 aromatic carbocycles. The second-order valence-electron chi connectivity index (χ2n) is 20.4. The maximum absolute atomic E-state index is 13.8. The van der Waals surface area contributed by atoms with E-state index in [9.17, 15) is 9.59 Å². The molecular formula is C54H56N2O2. The molecule has 0 spiro atoms. The van der Waals surface area contributed by atoms with E-state index in [0.29, 0.717) is 11.1 Å². The lowest BCUT2D eigenvalue weighted by Gasteiger charge is -2.19. The molecule has 0 aliphatic heterocycles. The first-order valence-corrected chi connectivity index (χ1v) is 20.6. The Morgan fingerprint density at radius 2 is 0.552 bits per heavy atom. The van der Waals surface area contributed by atoms with E-state index in [1.165, 1.54) is 43.8 Å². The summed E-state index contributed by atoms with van der Waals surface area (Å²) in [5, 5.41) is 4.82. The van der Waals surface area contributed by atoms with Crippen LogP contribution in [0.4, 0.5) is 0 Å². The van der Waals surface area contributed by atoms with Crippen LogP contribution in [0.15, 0.2) is 121 Å². The van der Waals surface area contributed by atoms with Gasteiger partial charge in [0, 0.05) is 44.0 Å². The molecule has 294 valence electrons. The minimum Gasteiger partial charge on any atom is -0.309 e. The van der Waals surface area contributed by atoms with Crippen molar-refractivity contribution in [2.24, 2.45) is 0 Å². The predicted octanol–water partition coefficient (Wildman–Crippen LogP) is 14.1. The van der Waals surface area contributed by atoms with E-state index in [1.54, 1.807) is 24.3 Å². The van der Waals surface area contributed by atoms with Crippen LogP contribution in [-0.4, -0.2) is 20.7 Å². The largest absolute Gasteiger partial charge is 0.309 e. The number of benzene rings is 6. The first-order valence-electron chi connectivity index (χ1n) is 20.6. The third kappa shape index (κ3) is 6.77. The van der Waals surface area contributed by atoms with E-state index in [2.05, 4.69) is 165 Å². The Bertz CT molecular complexity index is 2580. The fourth-order valence-electron chi connectivity index (χ4n) is 8.25. The molecule has 0 fully saturated rings. The van der Waals surface area contributed by atoms with Crippen LogP contribution >= 0.6 is 0 Å². The minimum atomic E-state index is -0.521. The van der Waals surface area contributed by atoms with Gasteiger partial charge in [0.25, 0.3) is 0 Å². The highest BCUT2D eigenvalue weighted by Crippen LogP contribution is 2.39. The molecular weight excluding hydrogens is 709 g/mol. The zero-order valence-electron chi connectivity index (χ0n) is 36.3. The molecule has 8 aromatic rings. The summed E-state index contributed by atoms with van der Waals surface area (Å²) < 4.78 is 4.53. The van der Waals surface area contributed by atoms with Crippen LogP contribution in [0.5, 0.6) is 0 Å². The third-order valence-corrected chi connectivity index (χ3v) is 12.0. The van der Waals surface area contributed by atoms with Crippen molar-refractivity contribution in [2.45, 2.75) is 105 Å². The number of carbonyl (C=O) groups is 2. The molecule has 0 N–H and O–H groups in total. The number of Topliss-reactive ketones (excluding diaryl/α,β-unsaturated/α-hetero) is 2. The number of carbonyl (C=O) groups excluding carboxylic acids is 2. The van der Waals surface area contributed by atoms with Gasteiger partial charge in [-0.1, -0.05) is 107 Å². The Labute approximate surface area is 343 Å². The zero-order chi connectivity index (χ0) is 41.7. The molecule has 0 saturated heterocycles. The SMILES string of the molecule is CC(C)(C)c1ccc2c(c1)c1cc(C(C)(C)C)ccc1n2-c1ccc(C(=O)C(=O)c2ccc(-n3c4ccc(C(C)(C)C)cc4c4cc(C(C)(C)C)ccc43)cc2)cc1. The Kier molecular flexibility index (Phi) is 9.04. The van der Waals surface area contributed by atoms with Crippen molar-refractivity contribution in [2.75, 3.05) is 0 Å². The van der Waals surface area contributed by atoms with Gasteiger partial charge in [0.2, 0.25) is 11.6 Å². The van der Waals surface area contributed by atoms with Gasteiger partial charge in [-0.3, -0.25) is 9.59 Å². The lowest BCUT2D eigenvalue weighted by atomic mass is 9.85. The smallest absolute Gasteiger partial charge is 0.233 e. The molecule has 8 rings (SSSR count). The number of fused-ring (bicyclic) bond motifs is 6. The average molecular weight is 765 g/mol. The van der Waals surface area contributed by atoms with Gasteiger partial charge in [0.1, 0.15) is 0 Å². The highest BCUT2D eigenvalue weighted by Gasteiger charge is 2.24. The van der Waals surface area contributed by atoms with Gasteiger partial charge in [-0.25, -0.2) is 0 Å². The minimum absolute atomic E-state index is 0.0110. The van der Waals surface area contributed by atoms with Crippen LogP contribution in [0.1, 0.15) is 126 Å². The van der Waals surface area contributed by atoms with E-state index >= 15 is 0 Å². The van der Waals surface area contributed by atoms with Gasteiger partial charge in [-0.05, 0) is 141 Å². The van der Waals surface area contributed by atoms with Crippen molar-refractivity contribution in [1.29, 1.82) is 0 Å². The van der Waals surface area contributed by atoms with Crippen molar-refractivity contribution in [3.05, 3.63) is 155 Å². The molecule has 0 bridgehead atoms. The van der Waals surface area contributed by atoms with Crippen molar-refractivity contribution < 1.29 is 9.59 Å². The molecule has 2 heterocycles. The Balaban J connectivity index is 1.13. The molecule has 0 aliphatic rings. The molecule has 58 heavy (non-hydrogen) atoms. The maximum Gasteiger partial charge on any atom is 0.233 e. The number of hydrogen-bond acceptors (Lipinski definition) is 2. The van der Waals surface area contributed by atoms with Gasteiger partial charge in [-0.15, -0.1) is 0 Å². The molecule has 0 atom stereocenters. The third-order valence-electron chi connectivity index (χ3n) is 12.0. The summed E-state index contributed by atoms with van der Waals surface area (Å²) in [6.45, 7) is 26.9. The standard InChI is InChI=1S/C54H56N2O2/c1-51(2,3)35-17-25-45-41(29-35)42-30-36(52(4,5)6)18-26-46(42)55(45)39-21-13-33(14-22-39)49(57)50(58)34-15-23-40(24-16-34)56-47-27-19-37(53(7,8)9)31-43(47)44-32-38(54(10,11)12)20-28-48(44)56/h13-32H,1-12H3. The summed E-state index contributed by atoms with van der Waals surface area (Å²) >= 11 is 0. The lowest BCUT2D eigenvalue weighted by molar-refractivity contribution is 0.0817. The first kappa shape index (κ1) is 39.1. The molecule has 2 aromatic heterocycles. The Morgan fingerprint density at radius 1 is 0.328 bits per heavy atom. The summed E-state index contributed by atoms with van der Waals surface area (Å²) in [5.41, 5.74) is 12.2. The highest BCUT2D eigenvalue weighted by atomic mass is 16.2. The monoisotopic (exact) mass is 764 g/mol. The molecule has 4 heteroatoms. The second kappa shape index (κ2) is 13.4. The number of rotatable bonds is 5. The van der Waals surface area contributed by atoms with Gasteiger partial charge in [-0.2, -0.15) is 0 Å². The number of nitrogens with zero attached hydrogens (tertiary/aromatic N) is 2. The van der Waals surface area contributed by atoms with E-state index in [1.807, 2.05) is 24.3 Å². The topological polar surface area (TPSA) is 44.0 Å². The summed E-state index contributed by atoms with van der Waals surface area (Å²) in [6.07, 6.45) is 0. The molecule has 0 amide bonds. The molecule has 0 radical (unpaired) electrons. The fourth-order valence-corrected chi connectivity index (χ4v) is 8.25. The summed E-state index contributed by atoms with van der Waals surface area (Å²) in [5.74, 6) is -1.04. The number of hydrogen-bond donors (Lipinski definition) is 0. The summed E-state index contributed by atoms with van der Waals surface area (Å²) in [7, 11) is 0. The maximum atomic E-state index is 13.8. The summed E-state index contributed by atoms with van der Waals surface area (Å²) in [6, 6.07) is 42.0. The average Bonchev–Trinajstić information content (AvgIpc) is 3.67. The number of aromatic nitrogens is 2. The lowest BCUT2D eigenvalue weighted by Crippen LogP contribution is -2.14. The van der Waals surface area contributed by atoms with E-state index < -0.39 is 11.6 Å². The van der Waals surface area contributed by atoms with E-state index in [-0.39, 0.29) is 21.7 Å². The Morgan fingerprint density at radius 3 is 0.759 bits per heavy atom. The van der Waals surface area contributed by atoms with Gasteiger partial charge >= 0.3 is 0 Å². The van der Waals surface area contributed by atoms with Crippen molar-refractivity contribution in [3.63, 3.8) is 0 Å². The van der Waals surface area contributed by atoms with Gasteiger partial charge < -0.3 is 9.13 Å². The van der Waals surface area contributed by atoms with Crippen molar-refractivity contribution in [3.8, 4) is 11.4 Å². The predicted molar refractivity (Wildman–Crippen MR) is 245 cm³/mol. The quantitative estimate of drug-likeness (QED) is 0.129. The van der Waals surface area contributed by atoms with E-state index in [4.69, 9.17) is 0 Å². The van der Waals surface area contributed by atoms with Crippen molar-refractivity contribution in [1.82, 2.24) is 9.13 Å². The zero-order valence-corrected chi connectivity index (χ0v) is 36.3. The van der Waals surface area contributed by atoms with Crippen LogP contribution in [0, 0.1) is 0 Å². The number of ketones is 2. The van der Waals surface area contributed by atoms with Crippen LogP contribution in [0.25, 0.3) is 55.0 Å². The summed E-state index contributed by atoms with van der Waals surface area (Å²) in [4.78, 5) is 27.5. The highest BCUT2D eigenvalue weighted by molar-refractivity contribution is 6.49. The first-order chi connectivity index (χ1) is 27.1. The van der Waals surface area contributed by atoms with Crippen LogP contribution < -0.4 is 0 Å². The molecule has 0 aliphatic carbocycles. The van der Waals surface area contributed by atoms with Crippen LogP contribution in [-0.2, 0) is 21.7 Å². The van der Waals surface area contributed by atoms with Crippen molar-refractivity contribution >= 4 is 55.2 Å². The van der Waals surface area contributed by atoms with Crippen LogP contribution in [0.3, 0.4) is 0 Å². The fraction of sp³-hybridized carbons (Fsp3) is 0.296. The van der Waals surface area contributed by atoms with E-state index in [0.717, 1.165) is 33.4 Å². The van der Waals surface area contributed by atoms with Gasteiger partial charge in [0.05, 0.1) is 22.1 Å². The normalized spacial score (nSPS) is 13.0. The molecule has 4 nitrogen and oxygen atoms in total. The Hall–Kier alpha value is -5.74. The molecule has 0 saturated carbocycles. The second-order valence-corrected chi connectivity index (χ2v) is 20.4. The van der Waals surface area contributed by atoms with Crippen LogP contribution in [0.2, 0.25) is 0 Å². The molecule has 0 unspecified atom stereocenters.